The summed E-state index contributed by atoms with van der Waals surface area (Å²) in [4.78, 5) is 0. The minimum Gasteiger partial charge on any atom is -0.237 e. The molecule has 0 N–H and O–H groups in total. The Morgan fingerprint density at radius 1 is 0.417 bits per heavy atom. The molecule has 0 unspecified atom stereocenters. The topological polar surface area (TPSA) is 17.6 Å². The molecule has 2 rings (SSSR count). The van der Waals surface area contributed by atoms with Gasteiger partial charge in [-0.2, -0.15) is 0 Å². The smallest absolute Gasteiger partial charge is 0.237 e. The monoisotopic (exact) mass is 500 g/mol. The van der Waals surface area contributed by atoms with Crippen LogP contribution in [-0.2, 0) is 26.2 Å². The highest BCUT2D eigenvalue weighted by Gasteiger charge is 2.05. The lowest BCUT2D eigenvalue weighted by Gasteiger charge is -2.01. The minimum atomic E-state index is 1.16. The van der Waals surface area contributed by atoms with E-state index in [4.69, 9.17) is 0 Å². The second kappa shape index (κ2) is 21.5. The first-order chi connectivity index (χ1) is 17.8. The van der Waals surface area contributed by atoms with Gasteiger partial charge in [0.1, 0.15) is 24.8 Å². The Bertz CT molecular complexity index is 670. The normalized spacial score (nSPS) is 11.5. The maximum Gasteiger partial charge on any atom is 0.243 e. The van der Waals surface area contributed by atoms with Crippen molar-refractivity contribution < 1.29 is 9.13 Å². The van der Waals surface area contributed by atoms with Crippen molar-refractivity contribution in [1.29, 1.82) is 0 Å². The molecule has 2 heterocycles. The Labute approximate surface area is 224 Å². The van der Waals surface area contributed by atoms with Gasteiger partial charge in [0.2, 0.25) is 12.7 Å². The van der Waals surface area contributed by atoms with Crippen LogP contribution in [-0.4, -0.2) is 9.13 Å². The van der Waals surface area contributed by atoms with Gasteiger partial charge in [-0.1, -0.05) is 90.9 Å². The number of hydrogen-bond donors (Lipinski definition) is 0. The molecular formula is C32H60N4+2. The number of nitrogens with zero attached hydrogens (tertiary/aromatic N) is 4. The summed E-state index contributed by atoms with van der Waals surface area (Å²) in [5.74, 6) is 0. The van der Waals surface area contributed by atoms with E-state index in [0.717, 1.165) is 13.1 Å². The summed E-state index contributed by atoms with van der Waals surface area (Å²) >= 11 is 0. The fourth-order valence-electron chi connectivity index (χ4n) is 5.21. The molecule has 0 aromatic carbocycles. The molecule has 2 aromatic rings. The van der Waals surface area contributed by atoms with Gasteiger partial charge in [0.25, 0.3) is 0 Å². The molecule has 0 fully saturated rings. The summed E-state index contributed by atoms with van der Waals surface area (Å²) in [5, 5.41) is 0. The molecule has 0 saturated heterocycles. The fraction of sp³-hybridized carbons (Fsp3) is 0.812. The third-order valence-electron chi connectivity index (χ3n) is 7.61. The van der Waals surface area contributed by atoms with E-state index in [0.29, 0.717) is 0 Å². The van der Waals surface area contributed by atoms with E-state index in [-0.39, 0.29) is 0 Å². The first kappa shape index (κ1) is 30.6. The van der Waals surface area contributed by atoms with Gasteiger partial charge < -0.3 is 0 Å². The van der Waals surface area contributed by atoms with Gasteiger partial charge >= 0.3 is 0 Å². The standard InChI is InChI=1S/C32H60N4/c1-3-5-7-9-11-13-15-19-23-33-27-29-35(31-33)25-21-17-18-22-26-36-30-28-34(32-36)24-20-16-14-12-10-8-6-4-2/h27-32H,3-26H2,1-2H3/q+2. The van der Waals surface area contributed by atoms with E-state index in [1.807, 2.05) is 0 Å². The quantitative estimate of drug-likeness (QED) is 0.0962. The SMILES string of the molecule is CCCCCCCCCC[n+]1ccn(CCCCCCn2cc[n+](CCCCCCCCCC)c2)c1. The first-order valence-corrected chi connectivity index (χ1v) is 15.9. The van der Waals surface area contributed by atoms with Crippen molar-refractivity contribution in [3.05, 3.63) is 37.4 Å². The van der Waals surface area contributed by atoms with Crippen molar-refractivity contribution >= 4 is 0 Å². The molecular weight excluding hydrogens is 440 g/mol. The van der Waals surface area contributed by atoms with Crippen molar-refractivity contribution in [2.45, 2.75) is 168 Å². The third-order valence-corrected chi connectivity index (χ3v) is 7.61. The number of unbranched alkanes of at least 4 members (excludes halogenated alkanes) is 17. The highest BCUT2D eigenvalue weighted by Crippen LogP contribution is 2.09. The molecule has 0 bridgehead atoms. The molecule has 206 valence electrons. The molecule has 0 amide bonds. The molecule has 2 aromatic heterocycles. The largest absolute Gasteiger partial charge is 0.243 e. The van der Waals surface area contributed by atoms with Gasteiger partial charge in [-0.3, -0.25) is 0 Å². The maximum atomic E-state index is 2.38. The van der Waals surface area contributed by atoms with E-state index in [9.17, 15) is 0 Å². The average molecular weight is 501 g/mol. The summed E-state index contributed by atoms with van der Waals surface area (Å²) in [6, 6.07) is 0. The van der Waals surface area contributed by atoms with Gasteiger partial charge in [0, 0.05) is 0 Å². The molecule has 0 aliphatic heterocycles. The number of imidazole rings is 2. The van der Waals surface area contributed by atoms with Crippen molar-refractivity contribution in [2.75, 3.05) is 0 Å². The van der Waals surface area contributed by atoms with Crippen LogP contribution in [0.5, 0.6) is 0 Å². The van der Waals surface area contributed by atoms with Gasteiger partial charge in [-0.25, -0.2) is 18.3 Å². The lowest BCUT2D eigenvalue weighted by molar-refractivity contribution is -0.697. The zero-order valence-corrected chi connectivity index (χ0v) is 24.2. The molecule has 0 spiro atoms. The maximum absolute atomic E-state index is 2.38. The van der Waals surface area contributed by atoms with Crippen LogP contribution in [0.15, 0.2) is 37.4 Å². The molecule has 0 aliphatic rings. The highest BCUT2D eigenvalue weighted by atomic mass is 15.1. The summed E-state index contributed by atoms with van der Waals surface area (Å²) in [7, 11) is 0. The Balaban J connectivity index is 1.41. The van der Waals surface area contributed by atoms with Gasteiger partial charge in [0.15, 0.2) is 0 Å². The first-order valence-electron chi connectivity index (χ1n) is 15.9. The van der Waals surface area contributed by atoms with Crippen LogP contribution in [0.4, 0.5) is 0 Å². The molecule has 0 radical (unpaired) electrons. The Kier molecular flexibility index (Phi) is 18.3. The predicted octanol–water partition coefficient (Wildman–Crippen LogP) is 8.41. The molecule has 0 saturated carbocycles. The Morgan fingerprint density at radius 3 is 1.14 bits per heavy atom. The van der Waals surface area contributed by atoms with Crippen LogP contribution >= 0.6 is 0 Å². The molecule has 0 atom stereocenters. The van der Waals surface area contributed by atoms with Crippen molar-refractivity contribution in [3.8, 4) is 0 Å². The number of aromatic nitrogens is 4. The van der Waals surface area contributed by atoms with E-state index in [2.05, 4.69) is 69.6 Å². The van der Waals surface area contributed by atoms with Gasteiger partial charge in [-0.05, 0) is 51.4 Å². The number of aryl methyl sites for hydroxylation is 4. The van der Waals surface area contributed by atoms with Crippen molar-refractivity contribution in [1.82, 2.24) is 9.13 Å². The summed E-state index contributed by atoms with van der Waals surface area (Å²) < 4.78 is 9.52. The van der Waals surface area contributed by atoms with Crippen LogP contribution in [0.1, 0.15) is 142 Å². The minimum absolute atomic E-state index is 1.16. The van der Waals surface area contributed by atoms with Crippen LogP contribution in [0.2, 0.25) is 0 Å². The van der Waals surface area contributed by atoms with E-state index in [1.165, 1.54) is 142 Å². The summed E-state index contributed by atoms with van der Waals surface area (Å²) in [6.45, 7) is 9.26. The molecule has 0 aliphatic carbocycles. The van der Waals surface area contributed by atoms with Crippen LogP contribution in [0.3, 0.4) is 0 Å². The average Bonchev–Trinajstić information content (AvgIpc) is 3.54. The third kappa shape index (κ3) is 15.5. The number of rotatable bonds is 25. The number of hydrogen-bond acceptors (Lipinski definition) is 0. The summed E-state index contributed by atoms with van der Waals surface area (Å²) in [5.41, 5.74) is 0. The van der Waals surface area contributed by atoms with Crippen LogP contribution < -0.4 is 9.13 Å². The Hall–Kier alpha value is -1.58. The molecule has 36 heavy (non-hydrogen) atoms. The molecule has 4 heteroatoms. The van der Waals surface area contributed by atoms with Gasteiger partial charge in [0.05, 0.1) is 26.2 Å². The van der Waals surface area contributed by atoms with Crippen molar-refractivity contribution in [2.24, 2.45) is 0 Å². The highest BCUT2D eigenvalue weighted by molar-refractivity contribution is 4.67. The summed E-state index contributed by atoms with van der Waals surface area (Å²) in [6.07, 6.45) is 41.2. The predicted molar refractivity (Wildman–Crippen MR) is 153 cm³/mol. The van der Waals surface area contributed by atoms with E-state index < -0.39 is 0 Å². The second-order valence-corrected chi connectivity index (χ2v) is 11.1. The molecule has 4 nitrogen and oxygen atoms in total. The van der Waals surface area contributed by atoms with E-state index in [1.54, 1.807) is 0 Å². The lowest BCUT2D eigenvalue weighted by atomic mass is 10.1. The van der Waals surface area contributed by atoms with E-state index >= 15 is 0 Å². The Morgan fingerprint density at radius 2 is 0.750 bits per heavy atom. The van der Waals surface area contributed by atoms with Gasteiger partial charge in [-0.15, -0.1) is 0 Å². The second-order valence-electron chi connectivity index (χ2n) is 11.1. The zero-order chi connectivity index (χ0) is 25.5. The fourth-order valence-corrected chi connectivity index (χ4v) is 5.21. The lowest BCUT2D eigenvalue weighted by Crippen LogP contribution is -2.30. The van der Waals surface area contributed by atoms with Crippen LogP contribution in [0, 0.1) is 0 Å². The van der Waals surface area contributed by atoms with Crippen molar-refractivity contribution in [3.63, 3.8) is 0 Å². The zero-order valence-electron chi connectivity index (χ0n) is 24.2. The van der Waals surface area contributed by atoms with Crippen LogP contribution in [0.25, 0.3) is 0 Å².